The quantitative estimate of drug-likeness (QED) is 0.410. The van der Waals surface area contributed by atoms with Crippen LogP contribution in [0.25, 0.3) is 0 Å². The van der Waals surface area contributed by atoms with Gasteiger partial charge in [0.1, 0.15) is 12.0 Å². The van der Waals surface area contributed by atoms with Gasteiger partial charge in [-0.25, -0.2) is 4.39 Å². The zero-order valence-electron chi connectivity index (χ0n) is 18.1. The monoisotopic (exact) mass is 496 g/mol. The normalized spacial score (nSPS) is 18.3. The molecule has 1 heterocycles. The predicted molar refractivity (Wildman–Crippen MR) is 129 cm³/mol. The van der Waals surface area contributed by atoms with Gasteiger partial charge in [-0.15, -0.1) is 0 Å². The minimum absolute atomic E-state index is 0.133. The largest absolute Gasteiger partial charge is 0.504 e. The number of nitrogens with zero attached hydrogens (tertiary/aromatic N) is 1. The van der Waals surface area contributed by atoms with Crippen molar-refractivity contribution in [1.29, 1.82) is 0 Å². The maximum absolute atomic E-state index is 13.8. The van der Waals surface area contributed by atoms with Gasteiger partial charge in [0, 0.05) is 23.7 Å². The molecule has 166 valence electrons. The van der Waals surface area contributed by atoms with Gasteiger partial charge >= 0.3 is 0 Å². The van der Waals surface area contributed by atoms with Gasteiger partial charge in [-0.05, 0) is 64.2 Å². The number of rotatable bonds is 6. The van der Waals surface area contributed by atoms with Crippen LogP contribution in [-0.4, -0.2) is 17.4 Å². The van der Waals surface area contributed by atoms with Crippen LogP contribution in [0.2, 0.25) is 0 Å². The molecule has 2 N–H and O–H groups in total. The molecule has 0 spiro atoms. The standard InChI is InChI=1S/C26H26BrFN2O2/c1-3-16-8-10-17(11-9-16)22-15-23(19-6-5-7-24(25(19)31)32-4-2)30-26(29-22)18-12-13-21(28)20(27)14-18/h5-14,23,26,30-31H,3-4,15H2,1-2H3/t23-,26-/m0/s1. The van der Waals surface area contributed by atoms with Crippen molar-refractivity contribution in [1.82, 2.24) is 5.32 Å². The van der Waals surface area contributed by atoms with Crippen molar-refractivity contribution in [2.75, 3.05) is 6.61 Å². The van der Waals surface area contributed by atoms with E-state index in [1.54, 1.807) is 18.2 Å². The molecule has 4 rings (SSSR count). The lowest BCUT2D eigenvalue weighted by molar-refractivity contribution is 0.313. The second-order valence-electron chi connectivity index (χ2n) is 7.75. The fourth-order valence-corrected chi connectivity index (χ4v) is 4.36. The molecule has 0 amide bonds. The Bertz CT molecular complexity index is 1130. The second kappa shape index (κ2) is 9.84. The molecule has 3 aromatic carbocycles. The summed E-state index contributed by atoms with van der Waals surface area (Å²) in [6.45, 7) is 4.49. The highest BCUT2D eigenvalue weighted by molar-refractivity contribution is 9.10. The fraction of sp³-hybridized carbons (Fsp3) is 0.269. The van der Waals surface area contributed by atoms with Gasteiger partial charge in [-0.3, -0.25) is 10.3 Å². The maximum Gasteiger partial charge on any atom is 0.162 e. The number of ether oxygens (including phenoxy) is 1. The summed E-state index contributed by atoms with van der Waals surface area (Å²) < 4.78 is 19.8. The van der Waals surface area contributed by atoms with E-state index < -0.39 is 0 Å². The molecule has 32 heavy (non-hydrogen) atoms. The summed E-state index contributed by atoms with van der Waals surface area (Å²) in [6, 6.07) is 18.7. The van der Waals surface area contributed by atoms with Crippen molar-refractivity contribution < 1.29 is 14.2 Å². The van der Waals surface area contributed by atoms with Gasteiger partial charge < -0.3 is 9.84 Å². The first-order valence-electron chi connectivity index (χ1n) is 10.8. The average molecular weight is 497 g/mol. The van der Waals surface area contributed by atoms with E-state index in [9.17, 15) is 9.50 Å². The Balaban J connectivity index is 1.75. The van der Waals surface area contributed by atoms with Gasteiger partial charge in [0.15, 0.2) is 11.5 Å². The summed E-state index contributed by atoms with van der Waals surface area (Å²) in [4.78, 5) is 4.96. The highest BCUT2D eigenvalue weighted by Gasteiger charge is 2.29. The van der Waals surface area contributed by atoms with Crippen LogP contribution >= 0.6 is 15.9 Å². The Labute approximate surface area is 196 Å². The summed E-state index contributed by atoms with van der Waals surface area (Å²) in [6.07, 6.45) is 1.19. The number of halogens is 2. The first-order valence-corrected chi connectivity index (χ1v) is 11.6. The van der Waals surface area contributed by atoms with E-state index >= 15 is 0 Å². The van der Waals surface area contributed by atoms with Crippen molar-refractivity contribution in [3.8, 4) is 11.5 Å². The smallest absolute Gasteiger partial charge is 0.162 e. The Hall–Kier alpha value is -2.70. The highest BCUT2D eigenvalue weighted by Crippen LogP contribution is 2.39. The number of phenols is 1. The summed E-state index contributed by atoms with van der Waals surface area (Å²) in [7, 11) is 0. The van der Waals surface area contributed by atoms with Crippen LogP contribution in [0.1, 0.15) is 54.7 Å². The molecule has 0 aromatic heterocycles. The molecule has 0 fully saturated rings. The minimum atomic E-state index is -0.387. The number of para-hydroxylation sites is 1. The van der Waals surface area contributed by atoms with E-state index in [4.69, 9.17) is 9.73 Å². The number of phenolic OH excluding ortho intramolecular Hbond substituents is 1. The van der Waals surface area contributed by atoms with Crippen molar-refractivity contribution in [3.05, 3.63) is 93.2 Å². The van der Waals surface area contributed by atoms with E-state index in [0.717, 1.165) is 28.8 Å². The average Bonchev–Trinajstić information content (AvgIpc) is 2.82. The summed E-state index contributed by atoms with van der Waals surface area (Å²) >= 11 is 3.28. The van der Waals surface area contributed by atoms with E-state index in [0.29, 0.717) is 23.2 Å². The van der Waals surface area contributed by atoms with Crippen molar-refractivity contribution >= 4 is 21.6 Å². The molecule has 0 radical (unpaired) electrons. The summed E-state index contributed by atoms with van der Waals surface area (Å²) in [5.41, 5.74) is 4.83. The third-order valence-electron chi connectivity index (χ3n) is 5.70. The molecule has 3 aromatic rings. The van der Waals surface area contributed by atoms with Crippen LogP contribution in [0, 0.1) is 5.82 Å². The molecule has 0 aliphatic carbocycles. The fourth-order valence-electron chi connectivity index (χ4n) is 3.96. The van der Waals surface area contributed by atoms with Gasteiger partial charge in [0.2, 0.25) is 0 Å². The molecule has 0 saturated carbocycles. The zero-order valence-corrected chi connectivity index (χ0v) is 19.7. The van der Waals surface area contributed by atoms with Crippen LogP contribution in [0.4, 0.5) is 4.39 Å². The van der Waals surface area contributed by atoms with Crippen LogP contribution in [0.5, 0.6) is 11.5 Å². The summed E-state index contributed by atoms with van der Waals surface area (Å²) in [5, 5.41) is 14.4. The number of hydrogen-bond acceptors (Lipinski definition) is 4. The molecule has 0 bridgehead atoms. The van der Waals surface area contributed by atoms with Gasteiger partial charge in [0.05, 0.1) is 11.1 Å². The van der Waals surface area contributed by atoms with E-state index in [-0.39, 0.29) is 23.8 Å². The highest BCUT2D eigenvalue weighted by atomic mass is 79.9. The SMILES string of the molecule is CCOc1cccc([C@@H]2CC(c3ccc(CC)cc3)=N[C@H](c3ccc(F)c(Br)c3)N2)c1O. The number of aliphatic imine (C=N–C) groups is 1. The van der Waals surface area contributed by atoms with Crippen molar-refractivity contribution in [2.24, 2.45) is 4.99 Å². The van der Waals surface area contributed by atoms with E-state index in [1.165, 1.54) is 11.6 Å². The predicted octanol–water partition coefficient (Wildman–Crippen LogP) is 6.48. The maximum atomic E-state index is 13.8. The molecular weight excluding hydrogens is 471 g/mol. The molecule has 6 heteroatoms. The molecule has 1 aliphatic rings. The van der Waals surface area contributed by atoms with Crippen LogP contribution in [0.3, 0.4) is 0 Å². The third-order valence-corrected chi connectivity index (χ3v) is 6.31. The zero-order chi connectivity index (χ0) is 22.7. The first kappa shape index (κ1) is 22.5. The minimum Gasteiger partial charge on any atom is -0.504 e. The van der Waals surface area contributed by atoms with Crippen LogP contribution in [-0.2, 0) is 6.42 Å². The number of aryl methyl sites for hydroxylation is 1. The Morgan fingerprint density at radius 2 is 1.91 bits per heavy atom. The molecule has 4 nitrogen and oxygen atoms in total. The van der Waals surface area contributed by atoms with Crippen LogP contribution < -0.4 is 10.1 Å². The second-order valence-corrected chi connectivity index (χ2v) is 8.61. The Morgan fingerprint density at radius 1 is 1.12 bits per heavy atom. The Kier molecular flexibility index (Phi) is 6.92. The van der Waals surface area contributed by atoms with Crippen molar-refractivity contribution in [2.45, 2.75) is 38.9 Å². The van der Waals surface area contributed by atoms with Gasteiger partial charge in [0.25, 0.3) is 0 Å². The summed E-state index contributed by atoms with van der Waals surface area (Å²) in [5.74, 6) is 0.278. The molecule has 1 aliphatic heterocycles. The molecule has 0 saturated heterocycles. The number of benzene rings is 3. The molecular formula is C26H26BrFN2O2. The topological polar surface area (TPSA) is 53.8 Å². The lowest BCUT2D eigenvalue weighted by Gasteiger charge is -2.31. The van der Waals surface area contributed by atoms with E-state index in [2.05, 4.69) is 52.4 Å². The number of nitrogens with one attached hydrogen (secondary N) is 1. The molecule has 2 atom stereocenters. The van der Waals surface area contributed by atoms with Crippen LogP contribution in [0.15, 0.2) is 70.1 Å². The van der Waals surface area contributed by atoms with E-state index in [1.807, 2.05) is 19.1 Å². The van der Waals surface area contributed by atoms with Gasteiger partial charge in [-0.1, -0.05) is 49.4 Å². The number of hydrogen-bond donors (Lipinski definition) is 2. The van der Waals surface area contributed by atoms with Crippen molar-refractivity contribution in [3.63, 3.8) is 0 Å². The third kappa shape index (κ3) is 4.71. The van der Waals surface area contributed by atoms with Gasteiger partial charge in [-0.2, -0.15) is 0 Å². The lowest BCUT2D eigenvalue weighted by Crippen LogP contribution is -2.33. The number of aromatic hydroxyl groups is 1. The molecule has 0 unspecified atom stereocenters. The Morgan fingerprint density at radius 3 is 2.59 bits per heavy atom. The lowest BCUT2D eigenvalue weighted by atomic mass is 9.93. The first-order chi connectivity index (χ1) is 15.5.